The predicted molar refractivity (Wildman–Crippen MR) is 52.2 cm³/mol. The Bertz CT molecular complexity index is 144. The first-order valence-electron chi connectivity index (χ1n) is 4.10. The molecule has 0 aliphatic carbocycles. The molecule has 102 valence electrons. The van der Waals surface area contributed by atoms with Gasteiger partial charge in [0.15, 0.2) is 0 Å². The van der Waals surface area contributed by atoms with E-state index >= 15 is 0 Å². The third kappa shape index (κ3) is 111. The van der Waals surface area contributed by atoms with Gasteiger partial charge in [0.2, 0.25) is 0 Å². The molecule has 0 fully saturated rings. The SMILES string of the molecule is CCCCOCCO.O=S([O-])[O-].O=S([O-])[O-].[Zn+2]. The second kappa shape index (κ2) is 25.5. The van der Waals surface area contributed by atoms with Crippen molar-refractivity contribution in [1.29, 1.82) is 0 Å². The van der Waals surface area contributed by atoms with E-state index in [-0.39, 0.29) is 26.1 Å². The van der Waals surface area contributed by atoms with Gasteiger partial charge in [-0.25, -0.2) is 0 Å². The van der Waals surface area contributed by atoms with Crippen LogP contribution in [0.25, 0.3) is 0 Å². The van der Waals surface area contributed by atoms with Crippen LogP contribution in [0, 0.1) is 0 Å². The maximum absolute atomic E-state index is 8.44. The number of aliphatic hydroxyl groups is 1. The van der Waals surface area contributed by atoms with E-state index in [4.69, 9.17) is 36.5 Å². The van der Waals surface area contributed by atoms with E-state index < -0.39 is 22.7 Å². The summed E-state index contributed by atoms with van der Waals surface area (Å²) in [5.74, 6) is 0. The van der Waals surface area contributed by atoms with E-state index in [1.807, 2.05) is 0 Å². The summed E-state index contributed by atoms with van der Waals surface area (Å²) < 4.78 is 55.6. The van der Waals surface area contributed by atoms with Gasteiger partial charge >= 0.3 is 19.5 Å². The first-order chi connectivity index (χ1) is 7.38. The Balaban J connectivity index is -0.0000000806. The minimum Gasteiger partial charge on any atom is -0.784 e. The number of hydrogen-bond donors (Lipinski definition) is 1. The average Bonchev–Trinajstić information content (AvgIpc) is 2.11. The van der Waals surface area contributed by atoms with Gasteiger partial charge in [-0.3, -0.25) is 8.42 Å². The molecule has 0 saturated carbocycles. The van der Waals surface area contributed by atoms with Crippen LogP contribution in [0.5, 0.6) is 0 Å². The summed E-state index contributed by atoms with van der Waals surface area (Å²) in [4.78, 5) is 0. The third-order valence-electron chi connectivity index (χ3n) is 0.878. The van der Waals surface area contributed by atoms with E-state index in [9.17, 15) is 0 Å². The zero-order valence-electron chi connectivity index (χ0n) is 9.36. The van der Waals surface area contributed by atoms with Gasteiger partial charge in [0.1, 0.15) is 0 Å². The number of aliphatic hydroxyl groups excluding tert-OH is 1. The van der Waals surface area contributed by atoms with E-state index in [1.165, 1.54) is 0 Å². The van der Waals surface area contributed by atoms with Crippen molar-refractivity contribution in [2.45, 2.75) is 19.8 Å². The normalized spacial score (nSPS) is 8.71. The molecule has 0 amide bonds. The largest absolute Gasteiger partial charge is 2.00 e. The van der Waals surface area contributed by atoms with Crippen molar-refractivity contribution >= 4 is 22.7 Å². The number of hydrogen-bond acceptors (Lipinski definition) is 8. The number of rotatable bonds is 5. The third-order valence-corrected chi connectivity index (χ3v) is 0.878. The molecule has 0 unspecified atom stereocenters. The van der Waals surface area contributed by atoms with Crippen molar-refractivity contribution < 1.29 is 56.0 Å². The van der Waals surface area contributed by atoms with Crippen molar-refractivity contribution in [2.24, 2.45) is 0 Å². The van der Waals surface area contributed by atoms with Gasteiger partial charge in [-0.05, 0) is 6.42 Å². The molecular weight excluding hydrogens is 330 g/mol. The van der Waals surface area contributed by atoms with E-state index in [2.05, 4.69) is 6.92 Å². The molecule has 0 aromatic heterocycles. The van der Waals surface area contributed by atoms with Crippen molar-refractivity contribution in [3.05, 3.63) is 0 Å². The molecule has 8 nitrogen and oxygen atoms in total. The molecule has 0 radical (unpaired) electrons. The zero-order valence-corrected chi connectivity index (χ0v) is 14.0. The second-order valence-electron chi connectivity index (χ2n) is 2.10. The van der Waals surface area contributed by atoms with Crippen LogP contribution >= 0.6 is 0 Å². The summed E-state index contributed by atoms with van der Waals surface area (Å²) in [6.07, 6.45) is 2.26. The fourth-order valence-electron chi connectivity index (χ4n) is 0.413. The Morgan fingerprint density at radius 3 is 1.65 bits per heavy atom. The minimum absolute atomic E-state index is 0. The van der Waals surface area contributed by atoms with E-state index in [1.54, 1.807) is 0 Å². The predicted octanol–water partition coefficient (Wildman–Crippen LogP) is -1.22. The molecule has 0 aromatic carbocycles. The fourth-order valence-corrected chi connectivity index (χ4v) is 0.413. The van der Waals surface area contributed by atoms with Gasteiger partial charge in [0.05, 0.1) is 13.2 Å². The molecule has 0 bridgehead atoms. The van der Waals surface area contributed by atoms with Crippen LogP contribution in [-0.2, 0) is 46.9 Å². The molecule has 0 heterocycles. The van der Waals surface area contributed by atoms with Crippen molar-refractivity contribution in [2.75, 3.05) is 19.8 Å². The molecular formula is C6H14O8S2Zn-2. The van der Waals surface area contributed by atoms with E-state index in [0.29, 0.717) is 6.61 Å². The van der Waals surface area contributed by atoms with Gasteiger partial charge in [-0.2, -0.15) is 0 Å². The van der Waals surface area contributed by atoms with Crippen LogP contribution in [0.1, 0.15) is 19.8 Å². The Morgan fingerprint density at radius 2 is 1.41 bits per heavy atom. The molecule has 0 aliphatic rings. The van der Waals surface area contributed by atoms with Gasteiger partial charge in [0.25, 0.3) is 0 Å². The number of ether oxygens (including phenoxy) is 1. The monoisotopic (exact) mass is 342 g/mol. The van der Waals surface area contributed by atoms with Gasteiger partial charge in [0, 0.05) is 6.61 Å². The molecule has 0 rings (SSSR count). The molecule has 0 atom stereocenters. The first-order valence-corrected chi connectivity index (χ1v) is 6.10. The fraction of sp³-hybridized carbons (Fsp3) is 1.00. The molecule has 0 saturated heterocycles. The van der Waals surface area contributed by atoms with Crippen LogP contribution in [0.2, 0.25) is 0 Å². The zero-order chi connectivity index (χ0) is 13.4. The summed E-state index contributed by atoms with van der Waals surface area (Å²) in [7, 11) is 0. The van der Waals surface area contributed by atoms with Crippen LogP contribution in [0.15, 0.2) is 0 Å². The van der Waals surface area contributed by atoms with Crippen molar-refractivity contribution in [1.82, 2.24) is 0 Å². The van der Waals surface area contributed by atoms with Gasteiger partial charge < -0.3 is 28.1 Å². The molecule has 0 aliphatic heterocycles. The molecule has 1 N–H and O–H groups in total. The molecule has 17 heavy (non-hydrogen) atoms. The Labute approximate surface area is 118 Å². The van der Waals surface area contributed by atoms with Crippen LogP contribution in [0.3, 0.4) is 0 Å². The summed E-state index contributed by atoms with van der Waals surface area (Å²) in [6, 6.07) is 0. The smallest absolute Gasteiger partial charge is 0.784 e. The van der Waals surface area contributed by atoms with Gasteiger partial charge in [-0.15, -0.1) is 22.7 Å². The maximum Gasteiger partial charge on any atom is 2.00 e. The quantitative estimate of drug-likeness (QED) is 0.370. The Morgan fingerprint density at radius 1 is 1.06 bits per heavy atom. The summed E-state index contributed by atoms with van der Waals surface area (Å²) >= 11 is -6.22. The summed E-state index contributed by atoms with van der Waals surface area (Å²) in [5, 5.41) is 8.24. The van der Waals surface area contributed by atoms with E-state index in [0.717, 1.165) is 19.4 Å². The Kier molecular flexibility index (Phi) is 39.4. The summed E-state index contributed by atoms with van der Waals surface area (Å²) in [6.45, 7) is 3.53. The molecule has 0 aromatic rings. The maximum atomic E-state index is 8.44. The number of unbranched alkanes of at least 4 members (excludes halogenated alkanes) is 1. The average molecular weight is 344 g/mol. The summed E-state index contributed by atoms with van der Waals surface area (Å²) in [5.41, 5.74) is 0. The molecule has 11 heteroatoms. The van der Waals surface area contributed by atoms with Crippen molar-refractivity contribution in [3.8, 4) is 0 Å². The minimum atomic E-state index is -3.11. The Hall–Kier alpha value is 0.683. The first kappa shape index (κ1) is 26.3. The van der Waals surface area contributed by atoms with Crippen LogP contribution in [0.4, 0.5) is 0 Å². The van der Waals surface area contributed by atoms with Gasteiger partial charge in [-0.1, -0.05) is 13.3 Å². The second-order valence-corrected chi connectivity index (χ2v) is 2.91. The van der Waals surface area contributed by atoms with Crippen LogP contribution in [-0.4, -0.2) is 51.6 Å². The van der Waals surface area contributed by atoms with Crippen LogP contribution < -0.4 is 0 Å². The standard InChI is InChI=1S/C6H14O2.2H2O3S.Zn/c1-2-3-5-8-6-4-7;2*1-4(2)3;/h7H,2-6H2,1H3;2*(H2,1,2,3);/q;;;+2/p-4. The molecule has 0 spiro atoms. The topological polar surface area (TPSA) is 156 Å². The van der Waals surface area contributed by atoms with Crippen molar-refractivity contribution in [3.63, 3.8) is 0 Å².